The zero-order valence-corrected chi connectivity index (χ0v) is 52.1. The molecule has 0 unspecified atom stereocenters. The molecule has 0 radical (unpaired) electrons. The van der Waals surface area contributed by atoms with Gasteiger partial charge in [-0.25, -0.2) is 0 Å². The van der Waals surface area contributed by atoms with E-state index in [1.807, 2.05) is 0 Å². The van der Waals surface area contributed by atoms with Crippen molar-refractivity contribution in [3.8, 4) is 95.6 Å². The highest BCUT2D eigenvalue weighted by molar-refractivity contribution is 6.17. The number of rotatable bonds is 10. The van der Waals surface area contributed by atoms with Gasteiger partial charge in [-0.1, -0.05) is 255 Å². The summed E-state index contributed by atoms with van der Waals surface area (Å²) in [4.78, 5) is 0. The molecule has 0 aliphatic heterocycles. The summed E-state index contributed by atoms with van der Waals surface area (Å²) in [7, 11) is 0. The maximum Gasteiger partial charge on any atom is 0.104 e. The first kappa shape index (κ1) is 54.7. The summed E-state index contributed by atoms with van der Waals surface area (Å²) in [6.45, 7) is 0. The number of aromatic nitrogens is 4. The molecule has 0 amide bonds. The number of hydrogen-bond acceptors (Lipinski definition) is 1. The van der Waals surface area contributed by atoms with Gasteiger partial charge in [0, 0.05) is 43.1 Å². The van der Waals surface area contributed by atoms with Gasteiger partial charge in [0.2, 0.25) is 0 Å². The Hall–Kier alpha value is -13.0. The van der Waals surface area contributed by atoms with Crippen LogP contribution in [-0.4, -0.2) is 18.3 Å². The van der Waals surface area contributed by atoms with Gasteiger partial charge in [0.1, 0.15) is 11.6 Å². The molecule has 15 aromatic carbocycles. The molecule has 0 saturated heterocycles. The smallest absolute Gasteiger partial charge is 0.104 e. The highest BCUT2D eigenvalue weighted by atomic mass is 15.1. The number of para-hydroxylation sites is 4. The predicted molar refractivity (Wildman–Crippen MR) is 401 cm³/mol. The largest absolute Gasteiger partial charge is 0.307 e. The van der Waals surface area contributed by atoms with Crippen molar-refractivity contribution in [2.45, 2.75) is 0 Å². The van der Waals surface area contributed by atoms with Crippen molar-refractivity contribution < 1.29 is 0 Å². The Balaban J connectivity index is 0.987. The molecule has 19 rings (SSSR count). The maximum absolute atomic E-state index is 13.0. The fraction of sp³-hybridized carbons (Fsp3) is 0. The van der Waals surface area contributed by atoms with Gasteiger partial charge in [-0.15, -0.1) is 0 Å². The van der Waals surface area contributed by atoms with Gasteiger partial charge in [0.15, 0.2) is 0 Å². The first-order valence-corrected chi connectivity index (χ1v) is 32.8. The van der Waals surface area contributed by atoms with Crippen LogP contribution in [0.4, 0.5) is 0 Å². The van der Waals surface area contributed by atoms with E-state index < -0.39 is 0 Å². The Labute approximate surface area is 554 Å². The van der Waals surface area contributed by atoms with Crippen LogP contribution < -0.4 is 0 Å². The van der Waals surface area contributed by atoms with Gasteiger partial charge in [0.05, 0.1) is 66.9 Å². The topological polar surface area (TPSA) is 43.5 Å². The van der Waals surface area contributed by atoms with E-state index in [0.717, 1.165) is 166 Å². The minimum Gasteiger partial charge on any atom is -0.307 e. The van der Waals surface area contributed by atoms with Gasteiger partial charge in [0.25, 0.3) is 0 Å². The molecule has 4 heterocycles. The summed E-state index contributed by atoms with van der Waals surface area (Å²) in [5, 5.41) is 21.8. The average Bonchev–Trinajstić information content (AvgIpc) is 1.50. The average molecular weight is 1220 g/mol. The summed E-state index contributed by atoms with van der Waals surface area (Å²) >= 11 is 0. The number of benzene rings is 15. The second kappa shape index (κ2) is 22.1. The third kappa shape index (κ3) is 8.63. The molecule has 96 heavy (non-hydrogen) atoms. The SMILES string of the molecule is N#Cc1c(-n2c3ccccc3c3ccccc32)c(-n2c3ccc(-c4ccccc4)cc3c3cc(-c4cccc(-c5ccccc5)c4)ccc32)cc(-n2c3ccc(-c4ccccc4)cc3c3cc(-c4cccc(-c5ccccc5)c4)ccc32)c1-n1c2ccccc2c2ccccc21. The number of fused-ring (bicyclic) bond motifs is 12. The molecule has 0 aliphatic carbocycles. The third-order valence-electron chi connectivity index (χ3n) is 19.8. The Morgan fingerprint density at radius 3 is 0.698 bits per heavy atom. The molecule has 5 heteroatoms. The van der Waals surface area contributed by atoms with Crippen LogP contribution in [0.1, 0.15) is 5.56 Å². The second-order valence-electron chi connectivity index (χ2n) is 25.1. The molecule has 5 nitrogen and oxygen atoms in total. The quantitative estimate of drug-likeness (QED) is 0.135. The van der Waals surface area contributed by atoms with E-state index in [4.69, 9.17) is 0 Å². The molecule has 0 bridgehead atoms. The summed E-state index contributed by atoms with van der Waals surface area (Å²) < 4.78 is 9.68. The highest BCUT2D eigenvalue weighted by Crippen LogP contribution is 2.49. The third-order valence-corrected chi connectivity index (χ3v) is 19.8. The molecule has 0 spiro atoms. The Kier molecular flexibility index (Phi) is 12.6. The van der Waals surface area contributed by atoms with Crippen LogP contribution in [0.25, 0.3) is 177 Å². The Morgan fingerprint density at radius 2 is 0.406 bits per heavy atom. The fourth-order valence-electron chi connectivity index (χ4n) is 15.4. The van der Waals surface area contributed by atoms with Crippen molar-refractivity contribution in [2.24, 2.45) is 0 Å². The van der Waals surface area contributed by atoms with E-state index in [1.165, 1.54) is 11.1 Å². The summed E-state index contributed by atoms with van der Waals surface area (Å²) in [5.41, 5.74) is 25.5. The lowest BCUT2D eigenvalue weighted by atomic mass is 9.97. The molecule has 0 saturated carbocycles. The van der Waals surface area contributed by atoms with Crippen LogP contribution in [0, 0.1) is 11.3 Å². The van der Waals surface area contributed by atoms with Crippen LogP contribution in [-0.2, 0) is 0 Å². The minimum atomic E-state index is 0.524. The van der Waals surface area contributed by atoms with Gasteiger partial charge in [-0.3, -0.25) is 0 Å². The zero-order chi connectivity index (χ0) is 63.4. The molecule has 0 aliphatic rings. The van der Waals surface area contributed by atoms with E-state index >= 15 is 0 Å². The fourth-order valence-corrected chi connectivity index (χ4v) is 15.4. The minimum absolute atomic E-state index is 0.524. The van der Waals surface area contributed by atoms with Crippen molar-refractivity contribution in [3.63, 3.8) is 0 Å². The molecule has 0 fully saturated rings. The van der Waals surface area contributed by atoms with Crippen LogP contribution >= 0.6 is 0 Å². The summed E-state index contributed by atoms with van der Waals surface area (Å²) in [6, 6.07) is 129. The van der Waals surface area contributed by atoms with Crippen molar-refractivity contribution in [1.29, 1.82) is 5.26 Å². The molecule has 446 valence electrons. The van der Waals surface area contributed by atoms with Crippen molar-refractivity contribution in [2.75, 3.05) is 0 Å². The molecular formula is C91H57N5. The zero-order valence-electron chi connectivity index (χ0n) is 52.1. The highest BCUT2D eigenvalue weighted by Gasteiger charge is 2.31. The maximum atomic E-state index is 13.0. The van der Waals surface area contributed by atoms with E-state index in [1.54, 1.807) is 0 Å². The molecule has 4 aromatic heterocycles. The van der Waals surface area contributed by atoms with E-state index in [-0.39, 0.29) is 0 Å². The number of nitriles is 1. The normalized spacial score (nSPS) is 11.7. The lowest BCUT2D eigenvalue weighted by Gasteiger charge is -2.25. The first-order valence-electron chi connectivity index (χ1n) is 32.8. The Morgan fingerprint density at radius 1 is 0.177 bits per heavy atom. The van der Waals surface area contributed by atoms with Crippen molar-refractivity contribution >= 4 is 87.2 Å². The predicted octanol–water partition coefficient (Wildman–Crippen LogP) is 23.9. The number of nitrogens with zero attached hydrogens (tertiary/aromatic N) is 5. The second-order valence-corrected chi connectivity index (χ2v) is 25.1. The van der Waals surface area contributed by atoms with E-state index in [0.29, 0.717) is 5.56 Å². The van der Waals surface area contributed by atoms with Gasteiger partial charge in [-0.2, -0.15) is 5.26 Å². The van der Waals surface area contributed by atoms with Gasteiger partial charge < -0.3 is 18.3 Å². The summed E-state index contributed by atoms with van der Waals surface area (Å²) in [5.74, 6) is 0. The van der Waals surface area contributed by atoms with Crippen LogP contribution in [0.2, 0.25) is 0 Å². The van der Waals surface area contributed by atoms with Gasteiger partial charge >= 0.3 is 0 Å². The number of hydrogen-bond donors (Lipinski definition) is 0. The lowest BCUT2D eigenvalue weighted by molar-refractivity contribution is 1.03. The van der Waals surface area contributed by atoms with E-state index in [9.17, 15) is 5.26 Å². The molecule has 19 aromatic rings. The Bertz CT molecular complexity index is 5890. The molecule has 0 atom stereocenters. The van der Waals surface area contributed by atoms with Crippen molar-refractivity contribution in [3.05, 3.63) is 351 Å². The van der Waals surface area contributed by atoms with Crippen molar-refractivity contribution in [1.82, 2.24) is 18.3 Å². The molecular weight excluding hydrogens is 1160 g/mol. The van der Waals surface area contributed by atoms with Crippen LogP contribution in [0.15, 0.2) is 346 Å². The van der Waals surface area contributed by atoms with Crippen LogP contribution in [0.5, 0.6) is 0 Å². The lowest BCUT2D eigenvalue weighted by Crippen LogP contribution is -2.13. The molecule has 0 N–H and O–H groups in total. The van der Waals surface area contributed by atoms with E-state index in [2.05, 4.69) is 370 Å². The first-order chi connectivity index (χ1) is 47.6. The standard InChI is InChI=1S/C91H57N5/c92-58-79-90(95-80-39-17-13-35-71(80)72-36-14-18-40-81(72)95)88(93-84-47-43-67(61-27-9-3-10-28-61)53-75(84)77-55-69(45-49-86(77)93)65-33-21-31-63(51-65)59-23-5-1-6-24-59)57-89(91(79)96-82-41-19-15-37-73(82)74-38-16-20-42-83(74)96)94-85-48-44-68(62-29-11-4-12-30-62)54-76(85)78-56-70(46-50-87(78)94)66-34-22-32-64(52-66)60-25-7-2-8-26-60/h1-57H. The van der Waals surface area contributed by atoms with Crippen LogP contribution in [0.3, 0.4) is 0 Å². The van der Waals surface area contributed by atoms with Gasteiger partial charge in [-0.05, 0) is 158 Å². The summed E-state index contributed by atoms with van der Waals surface area (Å²) in [6.07, 6.45) is 0. The monoisotopic (exact) mass is 1220 g/mol.